The van der Waals surface area contributed by atoms with Crippen LogP contribution in [0.15, 0.2) is 12.5 Å². The molecule has 0 spiro atoms. The van der Waals surface area contributed by atoms with E-state index in [0.29, 0.717) is 5.92 Å². The molecule has 1 rings (SSSR count). The van der Waals surface area contributed by atoms with Crippen LogP contribution in [0.3, 0.4) is 0 Å². The lowest BCUT2D eigenvalue weighted by molar-refractivity contribution is 0.546. The van der Waals surface area contributed by atoms with Crippen molar-refractivity contribution in [1.29, 1.82) is 0 Å². The minimum Gasteiger partial charge on any atom is -0.333 e. The van der Waals surface area contributed by atoms with Gasteiger partial charge >= 0.3 is 0 Å². The highest BCUT2D eigenvalue weighted by molar-refractivity contribution is 5.04. The summed E-state index contributed by atoms with van der Waals surface area (Å²) in [5, 5.41) is 0. The summed E-state index contributed by atoms with van der Waals surface area (Å²) in [6.45, 7) is 7.28. The number of aromatic nitrogens is 2. The van der Waals surface area contributed by atoms with Gasteiger partial charge in [-0.15, -0.1) is 0 Å². The van der Waals surface area contributed by atoms with E-state index in [1.54, 1.807) is 0 Å². The fourth-order valence-electron chi connectivity index (χ4n) is 1.41. The zero-order valence-electron chi connectivity index (χ0n) is 8.70. The number of nitrogens with zero attached hydrogens (tertiary/aromatic N) is 2. The third-order valence-corrected chi connectivity index (χ3v) is 2.35. The van der Waals surface area contributed by atoms with Crippen LogP contribution < -0.4 is 5.73 Å². The topological polar surface area (TPSA) is 43.8 Å². The fraction of sp³-hybridized carbons (Fsp3) is 0.700. The molecule has 0 aromatic carbocycles. The Balaban J connectivity index is 2.76. The molecule has 0 amide bonds. The molecule has 2 unspecified atom stereocenters. The van der Waals surface area contributed by atoms with E-state index in [1.807, 2.05) is 19.4 Å². The van der Waals surface area contributed by atoms with Crippen molar-refractivity contribution in [3.8, 4) is 0 Å². The lowest BCUT2D eigenvalue weighted by Crippen LogP contribution is -2.23. The van der Waals surface area contributed by atoms with Gasteiger partial charge in [-0.05, 0) is 19.3 Å². The molecule has 3 heteroatoms. The van der Waals surface area contributed by atoms with Crippen molar-refractivity contribution in [2.75, 3.05) is 0 Å². The number of rotatable bonds is 4. The lowest BCUT2D eigenvalue weighted by atomic mass is 10.1. The maximum Gasteiger partial charge on any atom is 0.0948 e. The van der Waals surface area contributed by atoms with E-state index in [4.69, 9.17) is 5.73 Å². The molecule has 0 fully saturated rings. The van der Waals surface area contributed by atoms with Crippen molar-refractivity contribution in [3.05, 3.63) is 18.2 Å². The molecular formula is C10H19N3. The van der Waals surface area contributed by atoms with Crippen molar-refractivity contribution >= 4 is 0 Å². The van der Waals surface area contributed by atoms with Gasteiger partial charge in [0.05, 0.1) is 6.33 Å². The van der Waals surface area contributed by atoms with Crippen molar-refractivity contribution < 1.29 is 0 Å². The van der Waals surface area contributed by atoms with Gasteiger partial charge in [0.2, 0.25) is 0 Å². The first-order valence-corrected chi connectivity index (χ1v) is 4.90. The molecule has 1 aromatic rings. The van der Waals surface area contributed by atoms with Crippen LogP contribution in [0.25, 0.3) is 0 Å². The molecule has 0 aliphatic rings. The van der Waals surface area contributed by atoms with Gasteiger partial charge < -0.3 is 10.3 Å². The van der Waals surface area contributed by atoms with E-state index in [1.165, 1.54) is 5.69 Å². The second-order valence-corrected chi connectivity index (χ2v) is 3.76. The molecule has 0 saturated carbocycles. The molecule has 3 nitrogen and oxygen atoms in total. The highest BCUT2D eigenvalue weighted by Crippen LogP contribution is 2.17. The van der Waals surface area contributed by atoms with Crippen molar-refractivity contribution in [3.63, 3.8) is 0 Å². The van der Waals surface area contributed by atoms with Gasteiger partial charge in [-0.25, -0.2) is 4.98 Å². The van der Waals surface area contributed by atoms with Crippen LogP contribution in [-0.4, -0.2) is 15.6 Å². The molecule has 74 valence electrons. The third kappa shape index (κ3) is 2.56. The fourth-order valence-corrected chi connectivity index (χ4v) is 1.41. The number of imidazole rings is 1. The Hall–Kier alpha value is -0.830. The Labute approximate surface area is 80.0 Å². The summed E-state index contributed by atoms with van der Waals surface area (Å²) in [7, 11) is 0. The van der Waals surface area contributed by atoms with Crippen LogP contribution in [0, 0.1) is 0 Å². The second kappa shape index (κ2) is 4.42. The molecule has 2 atom stereocenters. The SMILES string of the molecule is CCC(C)c1cncn1CC(C)N. The number of hydrogen-bond acceptors (Lipinski definition) is 2. The lowest BCUT2D eigenvalue weighted by Gasteiger charge is -2.14. The van der Waals surface area contributed by atoms with Gasteiger partial charge in [0.25, 0.3) is 0 Å². The van der Waals surface area contributed by atoms with Crippen LogP contribution in [0.4, 0.5) is 0 Å². The first-order chi connectivity index (χ1) is 6.15. The predicted octanol–water partition coefficient (Wildman–Crippen LogP) is 1.74. The Morgan fingerprint density at radius 1 is 1.54 bits per heavy atom. The van der Waals surface area contributed by atoms with Gasteiger partial charge in [0.15, 0.2) is 0 Å². The molecule has 0 aliphatic heterocycles. The summed E-state index contributed by atoms with van der Waals surface area (Å²) in [4.78, 5) is 4.15. The van der Waals surface area contributed by atoms with E-state index < -0.39 is 0 Å². The van der Waals surface area contributed by atoms with Crippen LogP contribution in [0.1, 0.15) is 38.8 Å². The molecule has 0 saturated heterocycles. The molecule has 2 N–H and O–H groups in total. The maximum absolute atomic E-state index is 5.75. The molecular weight excluding hydrogens is 162 g/mol. The highest BCUT2D eigenvalue weighted by Gasteiger charge is 2.09. The summed E-state index contributed by atoms with van der Waals surface area (Å²) in [6.07, 6.45) is 4.95. The van der Waals surface area contributed by atoms with Crippen molar-refractivity contribution in [1.82, 2.24) is 9.55 Å². The summed E-state index contributed by atoms with van der Waals surface area (Å²) in [6, 6.07) is 0.192. The van der Waals surface area contributed by atoms with Gasteiger partial charge in [0, 0.05) is 24.5 Å². The first kappa shape index (κ1) is 10.3. The van der Waals surface area contributed by atoms with Crippen LogP contribution in [0.5, 0.6) is 0 Å². The summed E-state index contributed by atoms with van der Waals surface area (Å²) in [5.41, 5.74) is 7.04. The normalized spacial score (nSPS) is 15.7. The Bertz CT molecular complexity index is 252. The Kier molecular flexibility index (Phi) is 3.48. The minimum absolute atomic E-state index is 0.192. The van der Waals surface area contributed by atoms with E-state index in [2.05, 4.69) is 23.4 Å². The van der Waals surface area contributed by atoms with Crippen molar-refractivity contribution in [2.45, 2.75) is 45.7 Å². The predicted molar refractivity (Wildman–Crippen MR) is 54.6 cm³/mol. The third-order valence-electron chi connectivity index (χ3n) is 2.35. The minimum atomic E-state index is 0.192. The van der Waals surface area contributed by atoms with Gasteiger partial charge in [-0.2, -0.15) is 0 Å². The average Bonchev–Trinajstić information content (AvgIpc) is 2.50. The molecule has 13 heavy (non-hydrogen) atoms. The summed E-state index contributed by atoms with van der Waals surface area (Å²) in [5.74, 6) is 0.571. The number of nitrogens with two attached hydrogens (primary N) is 1. The molecule has 0 bridgehead atoms. The summed E-state index contributed by atoms with van der Waals surface area (Å²) >= 11 is 0. The zero-order chi connectivity index (χ0) is 9.84. The summed E-state index contributed by atoms with van der Waals surface area (Å²) < 4.78 is 2.15. The van der Waals surface area contributed by atoms with E-state index in [-0.39, 0.29) is 6.04 Å². The van der Waals surface area contributed by atoms with E-state index in [9.17, 15) is 0 Å². The zero-order valence-corrected chi connectivity index (χ0v) is 8.70. The first-order valence-electron chi connectivity index (χ1n) is 4.90. The largest absolute Gasteiger partial charge is 0.333 e. The van der Waals surface area contributed by atoms with Crippen LogP contribution in [0.2, 0.25) is 0 Å². The molecule has 0 aliphatic carbocycles. The standard InChI is InChI=1S/C10H19N3/c1-4-8(2)10-5-12-7-13(10)6-9(3)11/h5,7-9H,4,6,11H2,1-3H3. The Morgan fingerprint density at radius 2 is 2.23 bits per heavy atom. The van der Waals surface area contributed by atoms with Gasteiger partial charge in [0.1, 0.15) is 0 Å². The quantitative estimate of drug-likeness (QED) is 0.769. The van der Waals surface area contributed by atoms with E-state index in [0.717, 1.165) is 13.0 Å². The van der Waals surface area contributed by atoms with Gasteiger partial charge in [-0.1, -0.05) is 13.8 Å². The Morgan fingerprint density at radius 3 is 2.77 bits per heavy atom. The molecule has 0 radical (unpaired) electrons. The van der Waals surface area contributed by atoms with Crippen LogP contribution >= 0.6 is 0 Å². The second-order valence-electron chi connectivity index (χ2n) is 3.76. The van der Waals surface area contributed by atoms with Crippen molar-refractivity contribution in [2.24, 2.45) is 5.73 Å². The van der Waals surface area contributed by atoms with Crippen LogP contribution in [-0.2, 0) is 6.54 Å². The smallest absolute Gasteiger partial charge is 0.0948 e. The number of hydrogen-bond donors (Lipinski definition) is 1. The monoisotopic (exact) mass is 181 g/mol. The molecule has 1 aromatic heterocycles. The molecule has 1 heterocycles. The van der Waals surface area contributed by atoms with E-state index >= 15 is 0 Å². The average molecular weight is 181 g/mol. The highest BCUT2D eigenvalue weighted by atomic mass is 15.1. The van der Waals surface area contributed by atoms with Gasteiger partial charge in [-0.3, -0.25) is 0 Å². The maximum atomic E-state index is 5.75.